The topological polar surface area (TPSA) is 183 Å². The molecule has 2 aromatic heterocycles. The minimum Gasteiger partial charge on any atom is -0.481 e. The van der Waals surface area contributed by atoms with E-state index in [0.29, 0.717) is 28.1 Å². The Morgan fingerprint density at radius 3 is 2.29 bits per heavy atom. The van der Waals surface area contributed by atoms with Crippen molar-refractivity contribution in [3.8, 4) is 0 Å². The smallest absolute Gasteiger partial charge is 0.481 e. The molecule has 0 fully saturated rings. The van der Waals surface area contributed by atoms with Crippen molar-refractivity contribution in [2.45, 2.75) is 17.5 Å². The highest BCUT2D eigenvalue weighted by Crippen LogP contribution is 2.23. The van der Waals surface area contributed by atoms with Crippen molar-refractivity contribution in [1.82, 2.24) is 19.7 Å². The van der Waals surface area contributed by atoms with Crippen LogP contribution in [0.15, 0.2) is 46.9 Å². The first kappa shape index (κ1) is 27.4. The van der Waals surface area contributed by atoms with Crippen LogP contribution in [0, 0.1) is 0 Å². The third kappa shape index (κ3) is 8.80. The molecule has 17 heteroatoms. The van der Waals surface area contributed by atoms with Gasteiger partial charge >= 0.3 is 18.1 Å². The number of halogens is 3. The van der Waals surface area contributed by atoms with E-state index >= 15 is 0 Å². The molecule has 0 atom stereocenters. The molecule has 188 valence electrons. The molecule has 0 radical (unpaired) electrons. The molecule has 0 aliphatic heterocycles. The summed E-state index contributed by atoms with van der Waals surface area (Å²) in [6, 6.07) is 7.92. The predicted molar refractivity (Wildman–Crippen MR) is 118 cm³/mol. The van der Waals surface area contributed by atoms with Crippen LogP contribution in [0.4, 0.5) is 35.6 Å². The Morgan fingerprint density at radius 1 is 1.09 bits per heavy atom. The molecule has 0 aliphatic rings. The number of thiazole rings is 1. The zero-order valence-electron chi connectivity index (χ0n) is 17.6. The highest BCUT2D eigenvalue weighted by molar-refractivity contribution is 7.89. The summed E-state index contributed by atoms with van der Waals surface area (Å²) in [5.41, 5.74) is 0.994. The maximum atomic E-state index is 11.9. The van der Waals surface area contributed by atoms with Crippen LogP contribution in [0.1, 0.15) is 5.69 Å². The van der Waals surface area contributed by atoms with Crippen molar-refractivity contribution >= 4 is 55.8 Å². The molecule has 0 aliphatic carbocycles. The standard InChI is InChI=1S/C16H16N6O4S2.C2HF3O2/c1-17-28(25,26)12-4-2-3-10(5-12)20-13-7-14(19-9-18-13)22-16-21-11(8-27-16)6-15(23)24;3-2(4,5)1(6)7/h2-5,7-9,17H,6H2,1H3,(H,23,24)(H2,18,19,20,21,22);(H,6,7). The highest BCUT2D eigenvalue weighted by Gasteiger charge is 2.38. The minimum absolute atomic E-state index is 0.126. The highest BCUT2D eigenvalue weighted by atomic mass is 32.2. The van der Waals surface area contributed by atoms with E-state index in [1.807, 2.05) is 0 Å². The van der Waals surface area contributed by atoms with Crippen LogP contribution in [0.25, 0.3) is 0 Å². The van der Waals surface area contributed by atoms with Gasteiger partial charge in [-0.15, -0.1) is 11.3 Å². The summed E-state index contributed by atoms with van der Waals surface area (Å²) in [5, 5.41) is 24.1. The van der Waals surface area contributed by atoms with Gasteiger partial charge in [-0.3, -0.25) is 4.79 Å². The number of nitrogens with zero attached hydrogens (tertiary/aromatic N) is 3. The van der Waals surface area contributed by atoms with Gasteiger partial charge in [-0.05, 0) is 25.2 Å². The van der Waals surface area contributed by atoms with Crippen LogP contribution >= 0.6 is 11.3 Å². The van der Waals surface area contributed by atoms with E-state index in [-0.39, 0.29) is 11.3 Å². The van der Waals surface area contributed by atoms with E-state index in [2.05, 4.69) is 30.3 Å². The molecule has 35 heavy (non-hydrogen) atoms. The number of aliphatic carboxylic acids is 2. The first-order chi connectivity index (χ1) is 16.3. The summed E-state index contributed by atoms with van der Waals surface area (Å²) >= 11 is 1.26. The van der Waals surface area contributed by atoms with E-state index in [1.54, 1.807) is 23.6 Å². The number of anilines is 4. The van der Waals surface area contributed by atoms with Gasteiger partial charge in [0.15, 0.2) is 5.13 Å². The molecule has 0 bridgehead atoms. The van der Waals surface area contributed by atoms with Crippen LogP contribution in [-0.2, 0) is 26.0 Å². The lowest BCUT2D eigenvalue weighted by Crippen LogP contribution is -2.21. The first-order valence-electron chi connectivity index (χ1n) is 9.16. The third-order valence-electron chi connectivity index (χ3n) is 3.71. The summed E-state index contributed by atoms with van der Waals surface area (Å²) in [4.78, 5) is 32.1. The second-order valence-electron chi connectivity index (χ2n) is 6.29. The average molecular weight is 534 g/mol. The number of hydrogen-bond acceptors (Lipinski definition) is 10. The monoisotopic (exact) mass is 534 g/mol. The molecule has 3 aromatic rings. The quantitative estimate of drug-likeness (QED) is 0.286. The van der Waals surface area contributed by atoms with Gasteiger partial charge in [-0.2, -0.15) is 13.2 Å². The SMILES string of the molecule is CNS(=O)(=O)c1cccc(Nc2cc(Nc3nc(CC(=O)O)cs3)ncn2)c1.O=C(O)C(F)(F)F. The summed E-state index contributed by atoms with van der Waals surface area (Å²) in [5.74, 6) is -2.81. The van der Waals surface area contributed by atoms with Gasteiger partial charge in [0.2, 0.25) is 10.0 Å². The Morgan fingerprint density at radius 2 is 1.71 bits per heavy atom. The Labute approximate surface area is 199 Å². The molecule has 12 nitrogen and oxygen atoms in total. The van der Waals surface area contributed by atoms with Crippen molar-refractivity contribution in [3.05, 3.63) is 47.7 Å². The summed E-state index contributed by atoms with van der Waals surface area (Å²) in [7, 11) is -2.21. The number of carbonyl (C=O) groups is 2. The Balaban J connectivity index is 0.000000540. The normalized spacial score (nSPS) is 11.2. The van der Waals surface area contributed by atoms with E-state index in [0.717, 1.165) is 0 Å². The number of rotatable bonds is 8. The Kier molecular flexibility index (Phi) is 9.04. The molecular formula is C18H17F3N6O6S2. The Bertz CT molecular complexity index is 1300. The van der Waals surface area contributed by atoms with Gasteiger partial charge in [-0.1, -0.05) is 6.07 Å². The minimum atomic E-state index is -5.08. The van der Waals surface area contributed by atoms with Crippen LogP contribution in [-0.4, -0.2) is 58.7 Å². The zero-order valence-corrected chi connectivity index (χ0v) is 19.2. The maximum Gasteiger partial charge on any atom is 0.490 e. The molecule has 0 unspecified atom stereocenters. The number of carboxylic acid groups (broad SMARTS) is 2. The van der Waals surface area contributed by atoms with Gasteiger partial charge in [0.25, 0.3) is 0 Å². The van der Waals surface area contributed by atoms with Crippen molar-refractivity contribution in [2.24, 2.45) is 0 Å². The van der Waals surface area contributed by atoms with Crippen molar-refractivity contribution in [2.75, 3.05) is 17.7 Å². The maximum absolute atomic E-state index is 11.9. The van der Waals surface area contributed by atoms with Crippen LogP contribution in [0.5, 0.6) is 0 Å². The number of sulfonamides is 1. The summed E-state index contributed by atoms with van der Waals surface area (Å²) in [6.45, 7) is 0. The largest absolute Gasteiger partial charge is 0.490 e. The van der Waals surface area contributed by atoms with E-state index in [1.165, 1.54) is 36.8 Å². The first-order valence-corrected chi connectivity index (χ1v) is 11.5. The summed E-state index contributed by atoms with van der Waals surface area (Å²) in [6.07, 6.45) is -3.90. The fourth-order valence-electron chi connectivity index (χ4n) is 2.21. The molecule has 0 spiro atoms. The van der Waals surface area contributed by atoms with Crippen LogP contribution in [0.2, 0.25) is 0 Å². The molecule has 0 saturated carbocycles. The van der Waals surface area contributed by atoms with E-state index in [4.69, 9.17) is 15.0 Å². The lowest BCUT2D eigenvalue weighted by Gasteiger charge is -2.09. The average Bonchev–Trinajstić information content (AvgIpc) is 3.20. The number of hydrogen-bond donors (Lipinski definition) is 5. The van der Waals surface area contributed by atoms with Crippen LogP contribution in [0.3, 0.4) is 0 Å². The molecule has 2 heterocycles. The van der Waals surface area contributed by atoms with Gasteiger partial charge in [0.1, 0.15) is 18.0 Å². The van der Waals surface area contributed by atoms with Gasteiger partial charge < -0.3 is 20.8 Å². The van der Waals surface area contributed by atoms with Gasteiger partial charge in [0.05, 0.1) is 17.0 Å². The second kappa shape index (κ2) is 11.5. The Hall–Kier alpha value is -3.83. The fraction of sp³-hybridized carbons (Fsp3) is 0.167. The number of benzene rings is 1. The lowest BCUT2D eigenvalue weighted by molar-refractivity contribution is -0.192. The molecule has 5 N–H and O–H groups in total. The molecular weight excluding hydrogens is 517 g/mol. The molecule has 1 aromatic carbocycles. The van der Waals surface area contributed by atoms with E-state index < -0.39 is 28.1 Å². The van der Waals surface area contributed by atoms with Crippen molar-refractivity contribution in [1.29, 1.82) is 0 Å². The van der Waals surface area contributed by atoms with Gasteiger partial charge in [0, 0.05) is 17.1 Å². The number of carboxylic acids is 2. The van der Waals surface area contributed by atoms with Crippen molar-refractivity contribution < 1.29 is 41.4 Å². The van der Waals surface area contributed by atoms with Crippen LogP contribution < -0.4 is 15.4 Å². The number of alkyl halides is 3. The molecule has 0 amide bonds. The molecule has 0 saturated heterocycles. The number of nitrogens with one attached hydrogen (secondary N) is 3. The van der Waals surface area contributed by atoms with E-state index in [9.17, 15) is 26.4 Å². The summed E-state index contributed by atoms with van der Waals surface area (Å²) < 4.78 is 57.8. The number of aromatic nitrogens is 3. The van der Waals surface area contributed by atoms with Crippen molar-refractivity contribution in [3.63, 3.8) is 0 Å². The van der Waals surface area contributed by atoms with Gasteiger partial charge in [-0.25, -0.2) is 32.9 Å². The second-order valence-corrected chi connectivity index (χ2v) is 9.04. The zero-order chi connectivity index (χ0) is 26.2. The lowest BCUT2D eigenvalue weighted by atomic mass is 10.3. The molecule has 3 rings (SSSR count). The fourth-order valence-corrected chi connectivity index (χ4v) is 3.70. The third-order valence-corrected chi connectivity index (χ3v) is 5.93. The predicted octanol–water partition coefficient (Wildman–Crippen LogP) is 2.59.